The number of aromatic carboxylic acids is 1. The van der Waals surface area contributed by atoms with Crippen LogP contribution in [0, 0.1) is 0 Å². The number of hydrogen-bond donors (Lipinski definition) is 2. The molecular formula is C12H13ClN4O3. The van der Waals surface area contributed by atoms with E-state index < -0.39 is 5.97 Å². The van der Waals surface area contributed by atoms with Crippen molar-refractivity contribution in [2.45, 2.75) is 6.04 Å². The molecule has 0 aromatic carbocycles. The van der Waals surface area contributed by atoms with Gasteiger partial charge in [0.05, 0.1) is 11.6 Å². The van der Waals surface area contributed by atoms with E-state index >= 15 is 0 Å². The molecule has 2 aliphatic heterocycles. The minimum atomic E-state index is -1.04. The van der Waals surface area contributed by atoms with Gasteiger partial charge < -0.3 is 20.2 Å². The Morgan fingerprint density at radius 2 is 2.25 bits per heavy atom. The smallest absolute Gasteiger partial charge is 0.335 e. The maximum atomic E-state index is 11.5. The number of rotatable bonds is 2. The average molecular weight is 297 g/mol. The molecule has 3 heterocycles. The fourth-order valence-electron chi connectivity index (χ4n) is 2.58. The van der Waals surface area contributed by atoms with Crippen LogP contribution in [0.25, 0.3) is 0 Å². The molecular weight excluding hydrogens is 284 g/mol. The van der Waals surface area contributed by atoms with Crippen molar-refractivity contribution >= 4 is 29.4 Å². The maximum absolute atomic E-state index is 11.5. The topological polar surface area (TPSA) is 85.8 Å². The standard InChI is InChI=1S/C12H13ClN4O3/c13-9-3-7(11(18)19)4-10(15-9)16-1-2-17-8(6-16)5-14-12(17)20/h3-4,8H,1-2,5-6H2,(H,14,20)(H,18,19). The highest BCUT2D eigenvalue weighted by atomic mass is 35.5. The number of hydrogen-bond acceptors (Lipinski definition) is 4. The lowest BCUT2D eigenvalue weighted by atomic mass is 10.2. The summed E-state index contributed by atoms with van der Waals surface area (Å²) in [7, 11) is 0. The molecule has 2 saturated heterocycles. The number of piperazine rings is 1. The van der Waals surface area contributed by atoms with E-state index in [1.165, 1.54) is 12.1 Å². The van der Waals surface area contributed by atoms with Crippen molar-refractivity contribution in [1.29, 1.82) is 0 Å². The zero-order valence-electron chi connectivity index (χ0n) is 10.5. The molecule has 106 valence electrons. The molecule has 8 heteroatoms. The van der Waals surface area contributed by atoms with Crippen LogP contribution in [0.1, 0.15) is 10.4 Å². The van der Waals surface area contributed by atoms with Gasteiger partial charge in [-0.3, -0.25) is 0 Å². The van der Waals surface area contributed by atoms with Crippen LogP contribution >= 0.6 is 11.6 Å². The molecule has 3 rings (SSSR count). The van der Waals surface area contributed by atoms with E-state index in [-0.39, 0.29) is 22.8 Å². The lowest BCUT2D eigenvalue weighted by molar-refractivity contribution is 0.0696. The van der Waals surface area contributed by atoms with Gasteiger partial charge in [-0.2, -0.15) is 0 Å². The van der Waals surface area contributed by atoms with Crippen molar-refractivity contribution in [1.82, 2.24) is 15.2 Å². The number of pyridine rings is 1. The number of carboxylic acids is 1. The number of urea groups is 1. The summed E-state index contributed by atoms with van der Waals surface area (Å²) < 4.78 is 0. The number of amides is 2. The SMILES string of the molecule is O=C(O)c1cc(Cl)nc(N2CCN3C(=O)NCC3C2)c1. The Bertz CT molecular complexity index is 580. The van der Waals surface area contributed by atoms with Crippen LogP contribution in [0.5, 0.6) is 0 Å². The van der Waals surface area contributed by atoms with E-state index in [4.69, 9.17) is 16.7 Å². The Balaban J connectivity index is 1.83. The quantitative estimate of drug-likeness (QED) is 0.783. The van der Waals surface area contributed by atoms with Crippen LogP contribution in [-0.2, 0) is 0 Å². The van der Waals surface area contributed by atoms with Crippen molar-refractivity contribution in [3.05, 3.63) is 22.8 Å². The highest BCUT2D eigenvalue weighted by Gasteiger charge is 2.35. The highest BCUT2D eigenvalue weighted by Crippen LogP contribution is 2.22. The summed E-state index contributed by atoms with van der Waals surface area (Å²) in [6.45, 7) is 2.41. The lowest BCUT2D eigenvalue weighted by Crippen LogP contribution is -2.52. The predicted molar refractivity (Wildman–Crippen MR) is 72.3 cm³/mol. The predicted octanol–water partition coefficient (Wildman–Crippen LogP) is 0.647. The lowest BCUT2D eigenvalue weighted by Gasteiger charge is -2.37. The van der Waals surface area contributed by atoms with Crippen LogP contribution < -0.4 is 10.2 Å². The average Bonchev–Trinajstić information content (AvgIpc) is 2.79. The first-order chi connectivity index (χ1) is 9.54. The van der Waals surface area contributed by atoms with Crippen LogP contribution in [0.15, 0.2) is 12.1 Å². The summed E-state index contributed by atoms with van der Waals surface area (Å²) in [6.07, 6.45) is 0. The molecule has 2 N–H and O–H groups in total. The van der Waals surface area contributed by atoms with E-state index in [9.17, 15) is 9.59 Å². The number of aromatic nitrogens is 1. The largest absolute Gasteiger partial charge is 0.478 e. The second-order valence-electron chi connectivity index (χ2n) is 4.82. The number of carboxylic acid groups (broad SMARTS) is 1. The number of fused-ring (bicyclic) bond motifs is 1. The number of nitrogens with one attached hydrogen (secondary N) is 1. The van der Waals surface area contributed by atoms with Crippen LogP contribution in [0.2, 0.25) is 5.15 Å². The molecule has 20 heavy (non-hydrogen) atoms. The molecule has 0 spiro atoms. The number of carbonyl (C=O) groups excluding carboxylic acids is 1. The molecule has 1 aromatic heterocycles. The molecule has 2 fully saturated rings. The van der Waals surface area contributed by atoms with Gasteiger partial charge in [0.2, 0.25) is 0 Å². The zero-order valence-corrected chi connectivity index (χ0v) is 11.3. The van der Waals surface area contributed by atoms with Gasteiger partial charge in [-0.25, -0.2) is 14.6 Å². The highest BCUT2D eigenvalue weighted by molar-refractivity contribution is 6.29. The monoisotopic (exact) mass is 296 g/mol. The van der Waals surface area contributed by atoms with Crippen molar-refractivity contribution in [3.63, 3.8) is 0 Å². The third kappa shape index (κ3) is 2.24. The van der Waals surface area contributed by atoms with Crippen molar-refractivity contribution in [2.24, 2.45) is 0 Å². The van der Waals surface area contributed by atoms with Crippen molar-refractivity contribution in [2.75, 3.05) is 31.1 Å². The Hall–Kier alpha value is -2.02. The molecule has 0 aliphatic carbocycles. The normalized spacial score (nSPS) is 21.6. The number of halogens is 1. The summed E-state index contributed by atoms with van der Waals surface area (Å²) in [5.74, 6) is -0.499. The zero-order chi connectivity index (χ0) is 14.3. The van der Waals surface area contributed by atoms with Crippen LogP contribution in [-0.4, -0.2) is 59.2 Å². The van der Waals surface area contributed by atoms with Gasteiger partial charge in [0, 0.05) is 26.2 Å². The fourth-order valence-corrected chi connectivity index (χ4v) is 2.78. The van der Waals surface area contributed by atoms with E-state index in [1.807, 2.05) is 4.90 Å². The van der Waals surface area contributed by atoms with E-state index in [0.29, 0.717) is 32.0 Å². The van der Waals surface area contributed by atoms with Gasteiger partial charge in [0.1, 0.15) is 11.0 Å². The maximum Gasteiger partial charge on any atom is 0.335 e. The van der Waals surface area contributed by atoms with Gasteiger partial charge in [-0.1, -0.05) is 11.6 Å². The van der Waals surface area contributed by atoms with E-state index in [1.54, 1.807) is 4.90 Å². The number of nitrogens with zero attached hydrogens (tertiary/aromatic N) is 3. The van der Waals surface area contributed by atoms with E-state index in [2.05, 4.69) is 10.3 Å². The Labute approximate surface area is 120 Å². The molecule has 0 saturated carbocycles. The van der Waals surface area contributed by atoms with Crippen molar-refractivity contribution in [3.8, 4) is 0 Å². The summed E-state index contributed by atoms with van der Waals surface area (Å²) in [4.78, 5) is 30.5. The van der Waals surface area contributed by atoms with Gasteiger partial charge in [-0.05, 0) is 12.1 Å². The van der Waals surface area contributed by atoms with Crippen LogP contribution in [0.4, 0.5) is 10.6 Å². The summed E-state index contributed by atoms with van der Waals surface area (Å²) in [5, 5.41) is 12.0. The summed E-state index contributed by atoms with van der Waals surface area (Å²) in [6, 6.07) is 2.88. The molecule has 1 unspecified atom stereocenters. The number of carbonyl (C=O) groups is 2. The molecule has 0 radical (unpaired) electrons. The third-order valence-electron chi connectivity index (χ3n) is 3.58. The second-order valence-corrected chi connectivity index (χ2v) is 5.21. The Kier molecular flexibility index (Phi) is 3.13. The van der Waals surface area contributed by atoms with Gasteiger partial charge >= 0.3 is 12.0 Å². The molecule has 2 amide bonds. The first-order valence-electron chi connectivity index (χ1n) is 6.25. The van der Waals surface area contributed by atoms with Gasteiger partial charge in [0.25, 0.3) is 0 Å². The van der Waals surface area contributed by atoms with Gasteiger partial charge in [0.15, 0.2) is 0 Å². The van der Waals surface area contributed by atoms with Gasteiger partial charge in [-0.15, -0.1) is 0 Å². The number of anilines is 1. The third-order valence-corrected chi connectivity index (χ3v) is 3.78. The first kappa shape index (κ1) is 13.0. The molecule has 7 nitrogen and oxygen atoms in total. The summed E-state index contributed by atoms with van der Waals surface area (Å²) >= 11 is 5.87. The fraction of sp³-hybridized carbons (Fsp3) is 0.417. The summed E-state index contributed by atoms with van der Waals surface area (Å²) in [5.41, 5.74) is 0.114. The molecule has 2 aliphatic rings. The Morgan fingerprint density at radius 3 is 3.00 bits per heavy atom. The molecule has 1 aromatic rings. The molecule has 1 atom stereocenters. The van der Waals surface area contributed by atoms with Crippen molar-refractivity contribution < 1.29 is 14.7 Å². The van der Waals surface area contributed by atoms with Crippen LogP contribution in [0.3, 0.4) is 0 Å². The first-order valence-corrected chi connectivity index (χ1v) is 6.62. The minimum Gasteiger partial charge on any atom is -0.478 e. The minimum absolute atomic E-state index is 0.0417. The second kappa shape index (κ2) is 4.82. The molecule has 0 bridgehead atoms. The Morgan fingerprint density at radius 1 is 1.45 bits per heavy atom. The van der Waals surface area contributed by atoms with E-state index in [0.717, 1.165) is 0 Å².